The molecule has 0 aliphatic rings. The van der Waals surface area contributed by atoms with Gasteiger partial charge in [0.15, 0.2) is 11.5 Å². The van der Waals surface area contributed by atoms with Crippen LogP contribution < -0.4 is 14.2 Å². The molecule has 4 rings (SSSR count). The summed E-state index contributed by atoms with van der Waals surface area (Å²) in [6.07, 6.45) is 0. The van der Waals surface area contributed by atoms with E-state index in [1.807, 2.05) is 54.6 Å². The third-order valence-electron chi connectivity index (χ3n) is 4.90. The molecular formula is C24H22N2O4. The molecule has 0 amide bonds. The van der Waals surface area contributed by atoms with Crippen molar-refractivity contribution in [3.63, 3.8) is 0 Å². The van der Waals surface area contributed by atoms with Crippen molar-refractivity contribution in [3.05, 3.63) is 66.7 Å². The molecule has 6 heteroatoms. The zero-order valence-electron chi connectivity index (χ0n) is 17.0. The summed E-state index contributed by atoms with van der Waals surface area (Å²) in [6, 6.07) is 20.7. The van der Waals surface area contributed by atoms with Gasteiger partial charge in [0.25, 0.3) is 0 Å². The number of nitrogens with zero attached hydrogens (tertiary/aromatic N) is 1. The van der Waals surface area contributed by atoms with E-state index in [9.17, 15) is 5.11 Å². The van der Waals surface area contributed by atoms with Crippen molar-refractivity contribution < 1.29 is 19.3 Å². The van der Waals surface area contributed by atoms with Gasteiger partial charge in [0.05, 0.1) is 32.7 Å². The number of H-pyrrole nitrogens is 1. The summed E-state index contributed by atoms with van der Waals surface area (Å²) in [6.45, 7) is 0. The van der Waals surface area contributed by atoms with Crippen molar-refractivity contribution in [1.29, 1.82) is 0 Å². The molecular weight excluding hydrogens is 380 g/mol. The zero-order chi connectivity index (χ0) is 21.1. The van der Waals surface area contributed by atoms with E-state index in [4.69, 9.17) is 19.2 Å². The van der Waals surface area contributed by atoms with Crippen molar-refractivity contribution in [2.24, 2.45) is 0 Å². The van der Waals surface area contributed by atoms with Gasteiger partial charge in [-0.25, -0.2) is 4.98 Å². The Morgan fingerprint density at radius 3 is 1.80 bits per heavy atom. The molecule has 30 heavy (non-hydrogen) atoms. The average Bonchev–Trinajstić information content (AvgIpc) is 3.24. The second kappa shape index (κ2) is 8.21. The summed E-state index contributed by atoms with van der Waals surface area (Å²) in [4.78, 5) is 8.25. The maximum Gasteiger partial charge on any atom is 0.160 e. The van der Waals surface area contributed by atoms with Gasteiger partial charge in [-0.2, -0.15) is 0 Å². The molecule has 0 saturated carbocycles. The van der Waals surface area contributed by atoms with E-state index in [1.165, 1.54) is 7.11 Å². The predicted molar refractivity (Wildman–Crippen MR) is 116 cm³/mol. The number of nitrogens with one attached hydrogen (secondary N) is 1. The van der Waals surface area contributed by atoms with Gasteiger partial charge < -0.3 is 24.3 Å². The van der Waals surface area contributed by atoms with Gasteiger partial charge in [0, 0.05) is 16.7 Å². The molecule has 0 radical (unpaired) electrons. The van der Waals surface area contributed by atoms with Gasteiger partial charge in [-0.15, -0.1) is 0 Å². The number of ether oxygens (including phenoxy) is 3. The van der Waals surface area contributed by atoms with Gasteiger partial charge in [0.2, 0.25) is 0 Å². The van der Waals surface area contributed by atoms with E-state index in [-0.39, 0.29) is 5.75 Å². The molecule has 0 atom stereocenters. The highest BCUT2D eigenvalue weighted by Crippen LogP contribution is 2.36. The van der Waals surface area contributed by atoms with Crippen LogP contribution in [0.5, 0.6) is 23.0 Å². The van der Waals surface area contributed by atoms with Gasteiger partial charge in [-0.3, -0.25) is 0 Å². The van der Waals surface area contributed by atoms with Gasteiger partial charge in [-0.1, -0.05) is 0 Å². The Labute approximate surface area is 174 Å². The fraction of sp³-hybridized carbons (Fsp3) is 0.125. The molecule has 0 bridgehead atoms. The number of aromatic hydroxyl groups is 1. The molecule has 152 valence electrons. The van der Waals surface area contributed by atoms with Crippen molar-refractivity contribution in [1.82, 2.24) is 9.97 Å². The van der Waals surface area contributed by atoms with E-state index in [0.717, 1.165) is 39.6 Å². The van der Waals surface area contributed by atoms with E-state index in [1.54, 1.807) is 26.4 Å². The number of benzene rings is 3. The minimum absolute atomic E-state index is 0.0587. The topological polar surface area (TPSA) is 76.6 Å². The lowest BCUT2D eigenvalue weighted by atomic mass is 10.0. The van der Waals surface area contributed by atoms with E-state index in [2.05, 4.69) is 4.98 Å². The van der Waals surface area contributed by atoms with Crippen LogP contribution >= 0.6 is 0 Å². The monoisotopic (exact) mass is 402 g/mol. The Morgan fingerprint density at radius 1 is 0.700 bits per heavy atom. The minimum atomic E-state index is 0.0587. The first-order valence-corrected chi connectivity index (χ1v) is 9.39. The largest absolute Gasteiger partial charge is 0.504 e. The van der Waals surface area contributed by atoms with Gasteiger partial charge in [-0.05, 0) is 66.7 Å². The zero-order valence-corrected chi connectivity index (χ0v) is 17.0. The molecule has 1 aromatic heterocycles. The van der Waals surface area contributed by atoms with Crippen molar-refractivity contribution in [3.8, 4) is 56.9 Å². The lowest BCUT2D eigenvalue weighted by Gasteiger charge is -2.06. The number of rotatable bonds is 6. The molecule has 0 spiro atoms. The molecule has 4 aromatic rings. The maximum atomic E-state index is 10.2. The highest BCUT2D eigenvalue weighted by Gasteiger charge is 2.16. The number of imidazole rings is 1. The third kappa shape index (κ3) is 3.67. The van der Waals surface area contributed by atoms with Gasteiger partial charge in [0.1, 0.15) is 17.3 Å². The van der Waals surface area contributed by atoms with Crippen LogP contribution in [-0.4, -0.2) is 36.4 Å². The predicted octanol–water partition coefficient (Wildman–Crippen LogP) is 5.14. The SMILES string of the molecule is COc1ccc(-c2nc(-c3ccc(OC)c(O)c3)[nH]c2-c2ccc(OC)cc2)cc1. The van der Waals surface area contributed by atoms with E-state index < -0.39 is 0 Å². The Bertz CT molecular complexity index is 1080. The summed E-state index contributed by atoms with van der Waals surface area (Å²) in [5.74, 6) is 2.68. The van der Waals surface area contributed by atoms with Crippen LogP contribution in [0, 0.1) is 0 Å². The summed E-state index contributed by atoms with van der Waals surface area (Å²) in [7, 11) is 4.80. The number of methoxy groups -OCH3 is 3. The van der Waals surface area contributed by atoms with Crippen LogP contribution in [0.1, 0.15) is 0 Å². The fourth-order valence-corrected chi connectivity index (χ4v) is 3.27. The first kappa shape index (κ1) is 19.4. The van der Waals surface area contributed by atoms with Crippen LogP contribution in [0.4, 0.5) is 0 Å². The third-order valence-corrected chi connectivity index (χ3v) is 4.90. The minimum Gasteiger partial charge on any atom is -0.504 e. The standard InChI is InChI=1S/C24H22N2O4/c1-28-18-9-4-15(5-10-18)22-23(16-6-11-19(29-2)12-7-16)26-24(25-22)17-8-13-21(30-3)20(27)14-17/h4-14,27H,1-3H3,(H,25,26). The fourth-order valence-electron chi connectivity index (χ4n) is 3.27. The van der Waals surface area contributed by atoms with Gasteiger partial charge >= 0.3 is 0 Å². The van der Waals surface area contributed by atoms with Crippen LogP contribution in [0.3, 0.4) is 0 Å². The molecule has 0 unspecified atom stereocenters. The molecule has 2 N–H and O–H groups in total. The Morgan fingerprint density at radius 2 is 1.27 bits per heavy atom. The summed E-state index contributed by atoms with van der Waals surface area (Å²) < 4.78 is 15.7. The normalized spacial score (nSPS) is 10.6. The van der Waals surface area contributed by atoms with Crippen molar-refractivity contribution in [2.75, 3.05) is 21.3 Å². The molecule has 6 nitrogen and oxygen atoms in total. The van der Waals surface area contributed by atoms with Crippen LogP contribution in [0.2, 0.25) is 0 Å². The van der Waals surface area contributed by atoms with Crippen LogP contribution in [-0.2, 0) is 0 Å². The number of hydrogen-bond acceptors (Lipinski definition) is 5. The molecule has 1 heterocycles. The highest BCUT2D eigenvalue weighted by atomic mass is 16.5. The summed E-state index contributed by atoms with van der Waals surface area (Å²) in [5.41, 5.74) is 4.34. The Hall–Kier alpha value is -3.93. The number of phenolic OH excluding ortho intramolecular Hbond substituents is 1. The first-order chi connectivity index (χ1) is 14.6. The molecule has 0 aliphatic carbocycles. The van der Waals surface area contributed by atoms with E-state index in [0.29, 0.717) is 11.6 Å². The number of aromatic amines is 1. The molecule has 0 saturated heterocycles. The molecule has 0 aliphatic heterocycles. The average molecular weight is 402 g/mol. The second-order valence-electron chi connectivity index (χ2n) is 6.65. The second-order valence-corrected chi connectivity index (χ2v) is 6.65. The quantitative estimate of drug-likeness (QED) is 0.467. The smallest absolute Gasteiger partial charge is 0.160 e. The summed E-state index contributed by atoms with van der Waals surface area (Å²) in [5, 5.41) is 10.2. The number of hydrogen-bond donors (Lipinski definition) is 2. The Kier molecular flexibility index (Phi) is 5.30. The maximum absolute atomic E-state index is 10.2. The van der Waals surface area contributed by atoms with E-state index >= 15 is 0 Å². The number of aromatic nitrogens is 2. The highest BCUT2D eigenvalue weighted by molar-refractivity contribution is 5.82. The molecule has 0 fully saturated rings. The number of phenols is 1. The van der Waals surface area contributed by atoms with Crippen molar-refractivity contribution >= 4 is 0 Å². The summed E-state index contributed by atoms with van der Waals surface area (Å²) >= 11 is 0. The van der Waals surface area contributed by atoms with Crippen LogP contribution in [0.25, 0.3) is 33.9 Å². The molecule has 3 aromatic carbocycles. The first-order valence-electron chi connectivity index (χ1n) is 9.39. The van der Waals surface area contributed by atoms with Crippen molar-refractivity contribution in [2.45, 2.75) is 0 Å². The lowest BCUT2D eigenvalue weighted by Crippen LogP contribution is -1.87. The van der Waals surface area contributed by atoms with Crippen LogP contribution in [0.15, 0.2) is 66.7 Å². The Balaban J connectivity index is 1.84. The lowest BCUT2D eigenvalue weighted by molar-refractivity contribution is 0.373.